The second-order valence-corrected chi connectivity index (χ2v) is 5.59. The fourth-order valence-electron chi connectivity index (χ4n) is 2.66. The van der Waals surface area contributed by atoms with Gasteiger partial charge in [0.1, 0.15) is 5.82 Å². The summed E-state index contributed by atoms with van der Waals surface area (Å²) in [5.41, 5.74) is 6.75. The summed E-state index contributed by atoms with van der Waals surface area (Å²) in [6.45, 7) is 4.37. The minimum Gasteiger partial charge on any atom is -0.399 e. The fourth-order valence-corrected chi connectivity index (χ4v) is 2.66. The molecule has 0 spiro atoms. The van der Waals surface area contributed by atoms with Crippen LogP contribution in [0.3, 0.4) is 0 Å². The van der Waals surface area contributed by atoms with Crippen LogP contribution in [0.25, 0.3) is 0 Å². The third-order valence-corrected chi connectivity index (χ3v) is 4.31. The topological polar surface area (TPSA) is 55.1 Å². The molecule has 1 fully saturated rings. The summed E-state index contributed by atoms with van der Waals surface area (Å²) in [5.74, 6) is -0.849. The third kappa shape index (κ3) is 2.72. The number of hydrogen-bond donors (Lipinski definition) is 2. The Morgan fingerprint density at radius 2 is 2.16 bits per heavy atom. The maximum atomic E-state index is 13.9. The molecule has 1 aromatic carbocycles. The number of benzene rings is 1. The molecule has 1 aliphatic carbocycles. The van der Waals surface area contributed by atoms with Crippen molar-refractivity contribution in [2.45, 2.75) is 39.5 Å². The number of carbonyl (C=O) groups is 1. The van der Waals surface area contributed by atoms with Crippen molar-refractivity contribution < 1.29 is 9.18 Å². The molecule has 0 radical (unpaired) electrons. The first-order valence-corrected chi connectivity index (χ1v) is 6.81. The number of anilines is 1. The SMILES string of the molecule is CCC1(CNC(=O)c2cc(N)cc(C)c2F)CCC1. The summed E-state index contributed by atoms with van der Waals surface area (Å²) in [5, 5.41) is 2.85. The van der Waals surface area contributed by atoms with Gasteiger partial charge in [0.2, 0.25) is 0 Å². The number of aryl methyl sites for hydroxylation is 1. The molecule has 0 heterocycles. The molecule has 1 amide bonds. The minimum absolute atomic E-state index is 0.0445. The highest BCUT2D eigenvalue weighted by atomic mass is 19.1. The molecule has 0 aromatic heterocycles. The molecule has 19 heavy (non-hydrogen) atoms. The van der Waals surface area contributed by atoms with Crippen LogP contribution in [-0.4, -0.2) is 12.5 Å². The van der Waals surface area contributed by atoms with E-state index in [0.717, 1.165) is 19.3 Å². The highest BCUT2D eigenvalue weighted by Gasteiger charge is 2.35. The van der Waals surface area contributed by atoms with E-state index in [1.807, 2.05) is 0 Å². The Kier molecular flexibility index (Phi) is 3.78. The fraction of sp³-hybridized carbons (Fsp3) is 0.533. The van der Waals surface area contributed by atoms with Gasteiger partial charge < -0.3 is 11.1 Å². The van der Waals surface area contributed by atoms with Gasteiger partial charge in [-0.15, -0.1) is 0 Å². The van der Waals surface area contributed by atoms with Crippen LogP contribution in [0.1, 0.15) is 48.5 Å². The molecule has 1 aliphatic rings. The van der Waals surface area contributed by atoms with Crippen molar-refractivity contribution in [1.82, 2.24) is 5.32 Å². The second-order valence-electron chi connectivity index (χ2n) is 5.59. The number of amides is 1. The highest BCUT2D eigenvalue weighted by molar-refractivity contribution is 5.95. The monoisotopic (exact) mass is 264 g/mol. The lowest BCUT2D eigenvalue weighted by Gasteiger charge is -2.41. The maximum absolute atomic E-state index is 13.9. The summed E-state index contributed by atoms with van der Waals surface area (Å²) in [7, 11) is 0. The summed E-state index contributed by atoms with van der Waals surface area (Å²) in [4.78, 5) is 12.1. The number of nitrogens with one attached hydrogen (secondary N) is 1. The summed E-state index contributed by atoms with van der Waals surface area (Å²) >= 11 is 0. The van der Waals surface area contributed by atoms with Gasteiger partial charge in [-0.2, -0.15) is 0 Å². The molecule has 0 atom stereocenters. The lowest BCUT2D eigenvalue weighted by molar-refractivity contribution is 0.0846. The van der Waals surface area contributed by atoms with Gasteiger partial charge in [0.15, 0.2) is 0 Å². The molecule has 0 aliphatic heterocycles. The van der Waals surface area contributed by atoms with E-state index >= 15 is 0 Å². The highest BCUT2D eigenvalue weighted by Crippen LogP contribution is 2.43. The summed E-state index contributed by atoms with van der Waals surface area (Å²) < 4.78 is 13.9. The van der Waals surface area contributed by atoms with Crippen molar-refractivity contribution in [3.05, 3.63) is 29.1 Å². The predicted octanol–water partition coefficient (Wildman–Crippen LogP) is 3.03. The van der Waals surface area contributed by atoms with Crippen molar-refractivity contribution >= 4 is 11.6 Å². The molecule has 3 nitrogen and oxygen atoms in total. The van der Waals surface area contributed by atoms with E-state index < -0.39 is 5.82 Å². The maximum Gasteiger partial charge on any atom is 0.254 e. The molecule has 0 saturated heterocycles. The molecular formula is C15H21FN2O. The van der Waals surface area contributed by atoms with Crippen molar-refractivity contribution in [3.63, 3.8) is 0 Å². The van der Waals surface area contributed by atoms with Gasteiger partial charge in [-0.3, -0.25) is 4.79 Å². The van der Waals surface area contributed by atoms with E-state index in [9.17, 15) is 9.18 Å². The molecule has 0 bridgehead atoms. The Bertz CT molecular complexity index is 490. The largest absolute Gasteiger partial charge is 0.399 e. The van der Waals surface area contributed by atoms with Gasteiger partial charge in [0, 0.05) is 12.2 Å². The Morgan fingerprint density at radius 1 is 1.47 bits per heavy atom. The molecule has 4 heteroatoms. The zero-order valence-electron chi connectivity index (χ0n) is 11.6. The number of carbonyl (C=O) groups excluding carboxylic acids is 1. The molecule has 1 saturated carbocycles. The number of halogens is 1. The first kappa shape index (κ1) is 13.8. The molecule has 3 N–H and O–H groups in total. The van der Waals surface area contributed by atoms with Gasteiger partial charge in [0.25, 0.3) is 5.91 Å². The predicted molar refractivity (Wildman–Crippen MR) is 74.5 cm³/mol. The average molecular weight is 264 g/mol. The first-order chi connectivity index (χ1) is 8.97. The van der Waals surface area contributed by atoms with E-state index in [1.54, 1.807) is 6.92 Å². The minimum atomic E-state index is -0.481. The number of nitrogen functional groups attached to an aromatic ring is 1. The van der Waals surface area contributed by atoms with Crippen LogP contribution in [0.2, 0.25) is 0 Å². The van der Waals surface area contributed by atoms with E-state index in [4.69, 9.17) is 5.73 Å². The van der Waals surface area contributed by atoms with Gasteiger partial charge in [-0.05, 0) is 49.3 Å². The van der Waals surface area contributed by atoms with Crippen molar-refractivity contribution in [3.8, 4) is 0 Å². The van der Waals surface area contributed by atoms with Crippen LogP contribution >= 0.6 is 0 Å². The Balaban J connectivity index is 2.08. The zero-order chi connectivity index (χ0) is 14.0. The average Bonchev–Trinajstić information content (AvgIpc) is 2.32. The molecule has 104 valence electrons. The summed E-state index contributed by atoms with van der Waals surface area (Å²) in [6, 6.07) is 2.93. The lowest BCUT2D eigenvalue weighted by Crippen LogP contribution is -2.41. The lowest BCUT2D eigenvalue weighted by atomic mass is 9.67. The van der Waals surface area contributed by atoms with E-state index in [1.165, 1.54) is 18.6 Å². The Morgan fingerprint density at radius 3 is 2.68 bits per heavy atom. The van der Waals surface area contributed by atoms with Crippen LogP contribution < -0.4 is 11.1 Å². The van der Waals surface area contributed by atoms with Gasteiger partial charge >= 0.3 is 0 Å². The Labute approximate surface area is 113 Å². The van der Waals surface area contributed by atoms with Crippen molar-refractivity contribution in [2.24, 2.45) is 5.41 Å². The van der Waals surface area contributed by atoms with Crippen LogP contribution in [0.4, 0.5) is 10.1 Å². The molecular weight excluding hydrogens is 243 g/mol. The van der Waals surface area contributed by atoms with E-state index in [2.05, 4.69) is 12.2 Å². The van der Waals surface area contributed by atoms with Crippen LogP contribution in [0.5, 0.6) is 0 Å². The smallest absolute Gasteiger partial charge is 0.254 e. The number of nitrogens with two attached hydrogens (primary N) is 1. The van der Waals surface area contributed by atoms with E-state index in [0.29, 0.717) is 17.8 Å². The summed E-state index contributed by atoms with van der Waals surface area (Å²) in [6.07, 6.45) is 4.55. The van der Waals surface area contributed by atoms with Gasteiger partial charge in [-0.1, -0.05) is 13.3 Å². The number of hydrogen-bond acceptors (Lipinski definition) is 2. The quantitative estimate of drug-likeness (QED) is 0.821. The molecule has 1 aromatic rings. The van der Waals surface area contributed by atoms with E-state index in [-0.39, 0.29) is 16.9 Å². The standard InChI is InChI=1S/C15H21FN2O/c1-3-15(5-4-6-15)9-18-14(19)12-8-11(17)7-10(2)13(12)16/h7-8H,3-6,9,17H2,1-2H3,(H,18,19). The normalized spacial score (nSPS) is 16.8. The van der Waals surface area contributed by atoms with Gasteiger partial charge in [-0.25, -0.2) is 4.39 Å². The Hall–Kier alpha value is -1.58. The molecule has 0 unspecified atom stereocenters. The van der Waals surface area contributed by atoms with Crippen LogP contribution in [0, 0.1) is 18.2 Å². The zero-order valence-corrected chi connectivity index (χ0v) is 11.6. The first-order valence-electron chi connectivity index (χ1n) is 6.81. The van der Waals surface area contributed by atoms with Crippen molar-refractivity contribution in [2.75, 3.05) is 12.3 Å². The van der Waals surface area contributed by atoms with Gasteiger partial charge in [0.05, 0.1) is 5.56 Å². The van der Waals surface area contributed by atoms with Crippen molar-refractivity contribution in [1.29, 1.82) is 0 Å². The van der Waals surface area contributed by atoms with Crippen LogP contribution in [-0.2, 0) is 0 Å². The number of rotatable bonds is 4. The third-order valence-electron chi connectivity index (χ3n) is 4.31. The molecule has 2 rings (SSSR count). The van der Waals surface area contributed by atoms with Crippen LogP contribution in [0.15, 0.2) is 12.1 Å². The second kappa shape index (κ2) is 5.19.